The highest BCUT2D eigenvalue weighted by Gasteiger charge is 2.36. The third-order valence-electron chi connectivity index (χ3n) is 5.33. The van der Waals surface area contributed by atoms with Crippen LogP contribution >= 0.6 is 0 Å². The number of hydrogen-bond acceptors (Lipinski definition) is 4. The lowest BCUT2D eigenvalue weighted by Gasteiger charge is -2.33. The molecule has 0 spiro atoms. The summed E-state index contributed by atoms with van der Waals surface area (Å²) in [6, 6.07) is 2.44. The fourth-order valence-electron chi connectivity index (χ4n) is 3.60. The number of halogens is 3. The van der Waals surface area contributed by atoms with Crippen molar-refractivity contribution < 1.29 is 31.6 Å². The second kappa shape index (κ2) is 8.79. The molecule has 158 valence electrons. The first-order chi connectivity index (χ1) is 13.0. The molecule has 2 rings (SSSR count). The van der Waals surface area contributed by atoms with Crippen LogP contribution in [0, 0.1) is 5.92 Å². The van der Waals surface area contributed by atoms with E-state index in [1.807, 2.05) is 13.8 Å². The lowest BCUT2D eigenvalue weighted by molar-refractivity contribution is -0.163. The molecule has 1 unspecified atom stereocenters. The van der Waals surface area contributed by atoms with Crippen molar-refractivity contribution in [2.75, 3.05) is 12.3 Å². The Morgan fingerprint density at radius 2 is 1.89 bits per heavy atom. The molecule has 0 aromatic heterocycles. The van der Waals surface area contributed by atoms with Gasteiger partial charge in [0.15, 0.2) is 0 Å². The number of hydroxylamine groups is 2. The van der Waals surface area contributed by atoms with Crippen LogP contribution in [0.25, 0.3) is 0 Å². The van der Waals surface area contributed by atoms with E-state index in [9.17, 15) is 31.6 Å². The van der Waals surface area contributed by atoms with E-state index >= 15 is 0 Å². The summed E-state index contributed by atoms with van der Waals surface area (Å²) >= 11 is 0. The number of carbonyl (C=O) groups excluding carboxylic acids is 1. The van der Waals surface area contributed by atoms with Gasteiger partial charge in [0, 0.05) is 13.1 Å². The van der Waals surface area contributed by atoms with Gasteiger partial charge in [-0.3, -0.25) is 10.0 Å². The quantitative estimate of drug-likeness (QED) is 0.397. The van der Waals surface area contributed by atoms with Crippen LogP contribution < -0.4 is 0 Å². The molecule has 1 atom stereocenters. The standard InChI is InChI=1S/C18H25F3N2O4S/c1-3-13(4-2)17(23(25)12-24)11-28(26,27)22-8-7-14-9-16(18(19,20)21)6-5-15(14)10-22/h5-6,9,12-13,17,25H,3-4,7-8,10-11H2,1-2H3. The average Bonchev–Trinajstić information content (AvgIpc) is 2.65. The Morgan fingerprint density at radius 3 is 2.43 bits per heavy atom. The number of benzene rings is 1. The van der Waals surface area contributed by atoms with Crippen molar-refractivity contribution in [3.05, 3.63) is 34.9 Å². The van der Waals surface area contributed by atoms with Crippen molar-refractivity contribution in [3.63, 3.8) is 0 Å². The fourth-order valence-corrected chi connectivity index (χ4v) is 5.37. The maximum Gasteiger partial charge on any atom is 0.416 e. The molecule has 10 heteroatoms. The van der Waals surface area contributed by atoms with Crippen LogP contribution in [0.15, 0.2) is 18.2 Å². The minimum absolute atomic E-state index is 0.0298. The van der Waals surface area contributed by atoms with E-state index in [0.29, 0.717) is 29.0 Å². The van der Waals surface area contributed by atoms with Crippen LogP contribution in [0.4, 0.5) is 13.2 Å². The molecular formula is C18H25F3N2O4S. The number of rotatable bonds is 8. The second-order valence-electron chi connectivity index (χ2n) is 6.97. The molecule has 1 heterocycles. The Kier molecular flexibility index (Phi) is 7.11. The third-order valence-corrected chi connectivity index (χ3v) is 7.19. The molecule has 1 amide bonds. The lowest BCUT2D eigenvalue weighted by Crippen LogP contribution is -2.47. The average molecular weight is 422 g/mol. The molecule has 0 fully saturated rings. The van der Waals surface area contributed by atoms with E-state index in [2.05, 4.69) is 0 Å². The Balaban J connectivity index is 2.22. The van der Waals surface area contributed by atoms with Gasteiger partial charge in [-0.15, -0.1) is 0 Å². The highest BCUT2D eigenvalue weighted by molar-refractivity contribution is 7.89. The van der Waals surface area contributed by atoms with Crippen molar-refractivity contribution in [1.29, 1.82) is 0 Å². The van der Waals surface area contributed by atoms with Crippen LogP contribution in [0.5, 0.6) is 0 Å². The Bertz CT molecular complexity index is 795. The van der Waals surface area contributed by atoms with Crippen LogP contribution in [0.2, 0.25) is 0 Å². The van der Waals surface area contributed by atoms with Gasteiger partial charge in [0.25, 0.3) is 0 Å². The molecule has 1 aromatic carbocycles. The van der Waals surface area contributed by atoms with Gasteiger partial charge in [-0.05, 0) is 35.6 Å². The Hall–Kier alpha value is -1.65. The first-order valence-electron chi connectivity index (χ1n) is 9.12. The minimum atomic E-state index is -4.44. The Morgan fingerprint density at radius 1 is 1.25 bits per heavy atom. The van der Waals surface area contributed by atoms with Crippen molar-refractivity contribution >= 4 is 16.4 Å². The summed E-state index contributed by atoms with van der Waals surface area (Å²) in [7, 11) is -3.83. The maximum absolute atomic E-state index is 12.9. The molecular weight excluding hydrogens is 397 g/mol. The summed E-state index contributed by atoms with van der Waals surface area (Å²) < 4.78 is 65.5. The first-order valence-corrected chi connectivity index (χ1v) is 10.7. The van der Waals surface area contributed by atoms with E-state index in [0.717, 1.165) is 12.1 Å². The van der Waals surface area contributed by atoms with Crippen molar-refractivity contribution in [2.24, 2.45) is 5.92 Å². The molecule has 0 bridgehead atoms. The SMILES string of the molecule is CCC(CC)C(CS(=O)(=O)N1CCc2cc(C(F)(F)F)ccc2C1)N(O)C=O. The monoisotopic (exact) mass is 422 g/mol. The highest BCUT2D eigenvalue weighted by atomic mass is 32.2. The molecule has 28 heavy (non-hydrogen) atoms. The summed E-state index contributed by atoms with van der Waals surface area (Å²) in [5.41, 5.74) is 0.255. The predicted octanol–water partition coefficient (Wildman–Crippen LogP) is 3.05. The molecule has 1 N–H and O–H groups in total. The molecule has 0 aliphatic carbocycles. The summed E-state index contributed by atoms with van der Waals surface area (Å²) in [6.07, 6.45) is -2.90. The number of fused-ring (bicyclic) bond motifs is 1. The molecule has 1 aliphatic heterocycles. The van der Waals surface area contributed by atoms with Crippen LogP contribution in [-0.2, 0) is 34.0 Å². The normalized spacial score (nSPS) is 16.7. The summed E-state index contributed by atoms with van der Waals surface area (Å²) in [5.74, 6) is -0.638. The van der Waals surface area contributed by atoms with E-state index < -0.39 is 33.6 Å². The van der Waals surface area contributed by atoms with Crippen molar-refractivity contribution in [1.82, 2.24) is 9.37 Å². The number of hydrogen-bond donors (Lipinski definition) is 1. The largest absolute Gasteiger partial charge is 0.416 e. The molecule has 1 aliphatic rings. The molecule has 1 aromatic rings. The van der Waals surface area contributed by atoms with Gasteiger partial charge in [-0.2, -0.15) is 17.5 Å². The zero-order valence-corrected chi connectivity index (χ0v) is 16.6. The van der Waals surface area contributed by atoms with Gasteiger partial charge >= 0.3 is 6.18 Å². The van der Waals surface area contributed by atoms with Crippen LogP contribution in [-0.4, -0.2) is 47.7 Å². The predicted molar refractivity (Wildman–Crippen MR) is 96.9 cm³/mol. The van der Waals surface area contributed by atoms with Gasteiger partial charge in [0.05, 0.1) is 17.4 Å². The van der Waals surface area contributed by atoms with E-state index in [1.54, 1.807) is 0 Å². The van der Waals surface area contributed by atoms with Gasteiger partial charge in [-0.25, -0.2) is 13.5 Å². The summed E-state index contributed by atoms with van der Waals surface area (Å²) in [6.45, 7) is 3.72. The fraction of sp³-hybridized carbons (Fsp3) is 0.611. The van der Waals surface area contributed by atoms with Crippen molar-refractivity contribution in [3.8, 4) is 0 Å². The number of alkyl halides is 3. The smallest absolute Gasteiger partial charge is 0.286 e. The van der Waals surface area contributed by atoms with Crippen LogP contribution in [0.1, 0.15) is 43.4 Å². The van der Waals surface area contributed by atoms with Crippen molar-refractivity contribution in [2.45, 2.75) is 51.9 Å². The summed E-state index contributed by atoms with van der Waals surface area (Å²) in [4.78, 5) is 11.0. The molecule has 0 saturated heterocycles. The first kappa shape index (κ1) is 22.6. The zero-order valence-electron chi connectivity index (χ0n) is 15.8. The van der Waals surface area contributed by atoms with E-state index in [4.69, 9.17) is 0 Å². The summed E-state index contributed by atoms with van der Waals surface area (Å²) in [5, 5.41) is 10.3. The number of sulfonamides is 1. The molecule has 0 radical (unpaired) electrons. The van der Waals surface area contributed by atoms with Gasteiger partial charge < -0.3 is 0 Å². The molecule has 6 nitrogen and oxygen atoms in total. The number of carbonyl (C=O) groups is 1. The Labute approximate surface area is 162 Å². The van der Waals surface area contributed by atoms with Gasteiger partial charge in [0.2, 0.25) is 16.4 Å². The lowest BCUT2D eigenvalue weighted by atomic mass is 9.95. The highest BCUT2D eigenvalue weighted by Crippen LogP contribution is 2.32. The number of nitrogens with zero attached hydrogens (tertiary/aromatic N) is 2. The second-order valence-corrected chi connectivity index (χ2v) is 8.99. The topological polar surface area (TPSA) is 77.9 Å². The van der Waals surface area contributed by atoms with Crippen LogP contribution in [0.3, 0.4) is 0 Å². The number of amides is 1. The minimum Gasteiger partial charge on any atom is -0.286 e. The zero-order chi connectivity index (χ0) is 21.1. The van der Waals surface area contributed by atoms with Gasteiger partial charge in [-0.1, -0.05) is 32.8 Å². The van der Waals surface area contributed by atoms with E-state index in [1.165, 1.54) is 10.4 Å². The van der Waals surface area contributed by atoms with Gasteiger partial charge in [0.1, 0.15) is 0 Å². The third kappa shape index (κ3) is 5.03. The molecule has 0 saturated carbocycles. The maximum atomic E-state index is 12.9. The van der Waals surface area contributed by atoms with E-state index in [-0.39, 0.29) is 31.8 Å².